The Morgan fingerprint density at radius 2 is 1.86 bits per heavy atom. The number of carbonyl (C=O) groups is 2. The second kappa shape index (κ2) is 8.22. The number of carbonyl (C=O) groups excluding carboxylic acids is 2. The molecule has 0 unspecified atom stereocenters. The van der Waals surface area contributed by atoms with E-state index >= 15 is 0 Å². The van der Waals surface area contributed by atoms with Crippen LogP contribution in [0.5, 0.6) is 0 Å². The maximum absolute atomic E-state index is 12.2. The van der Waals surface area contributed by atoms with Crippen LogP contribution in [-0.2, 0) is 16.0 Å². The fraction of sp³-hybridized carbons (Fsp3) is 0.412. The predicted molar refractivity (Wildman–Crippen MR) is 86.3 cm³/mol. The van der Waals surface area contributed by atoms with Gasteiger partial charge < -0.3 is 15.4 Å². The summed E-state index contributed by atoms with van der Waals surface area (Å²) in [5.74, 6) is -0.284. The molecule has 0 radical (unpaired) electrons. The van der Waals surface area contributed by atoms with Gasteiger partial charge in [0.15, 0.2) is 0 Å². The smallest absolute Gasteiger partial charge is 0.408 e. The van der Waals surface area contributed by atoms with Crippen LogP contribution < -0.4 is 10.6 Å². The number of nitrogens with one attached hydrogen (secondary N) is 2. The van der Waals surface area contributed by atoms with Crippen molar-refractivity contribution in [2.75, 3.05) is 0 Å². The number of hydrogen-bond acceptors (Lipinski definition) is 3. The minimum absolute atomic E-state index is 0.284. The number of ether oxygens (including phenoxy) is 1. The second-order valence-corrected chi connectivity index (χ2v) is 5.90. The molecular formula is C17H24N2O3. The molecule has 5 nitrogen and oxygen atoms in total. The lowest BCUT2D eigenvalue weighted by atomic mass is 10.1. The van der Waals surface area contributed by atoms with Crippen molar-refractivity contribution in [1.82, 2.24) is 10.6 Å². The van der Waals surface area contributed by atoms with Crippen LogP contribution in [0, 0.1) is 0 Å². The van der Waals surface area contributed by atoms with Crippen molar-refractivity contribution in [1.29, 1.82) is 0 Å². The van der Waals surface area contributed by atoms with E-state index in [0.717, 1.165) is 5.56 Å². The van der Waals surface area contributed by atoms with Crippen molar-refractivity contribution < 1.29 is 14.3 Å². The van der Waals surface area contributed by atoms with E-state index in [1.54, 1.807) is 33.8 Å². The quantitative estimate of drug-likeness (QED) is 0.879. The molecule has 0 aliphatic carbocycles. The molecule has 5 heteroatoms. The summed E-state index contributed by atoms with van der Waals surface area (Å²) in [5, 5.41) is 5.25. The van der Waals surface area contributed by atoms with Crippen LogP contribution in [0.15, 0.2) is 42.6 Å². The van der Waals surface area contributed by atoms with E-state index in [0.29, 0.717) is 6.42 Å². The zero-order chi connectivity index (χ0) is 16.6. The average Bonchev–Trinajstić information content (AvgIpc) is 2.43. The van der Waals surface area contributed by atoms with Gasteiger partial charge in [0.1, 0.15) is 11.6 Å². The van der Waals surface area contributed by atoms with Gasteiger partial charge in [0.25, 0.3) is 0 Å². The van der Waals surface area contributed by atoms with E-state index in [2.05, 4.69) is 10.6 Å². The van der Waals surface area contributed by atoms with Gasteiger partial charge >= 0.3 is 6.09 Å². The van der Waals surface area contributed by atoms with E-state index in [1.165, 1.54) is 6.20 Å². The van der Waals surface area contributed by atoms with Gasteiger partial charge in [-0.1, -0.05) is 36.4 Å². The zero-order valence-electron chi connectivity index (χ0n) is 13.6. The Labute approximate surface area is 131 Å². The Morgan fingerprint density at radius 1 is 1.23 bits per heavy atom. The van der Waals surface area contributed by atoms with E-state index < -0.39 is 17.7 Å². The lowest BCUT2D eigenvalue weighted by Gasteiger charge is -2.23. The van der Waals surface area contributed by atoms with Crippen molar-refractivity contribution in [2.45, 2.75) is 45.8 Å². The average molecular weight is 304 g/mol. The molecule has 0 fully saturated rings. The first-order valence-corrected chi connectivity index (χ1v) is 7.27. The molecule has 1 rings (SSSR count). The first-order valence-electron chi connectivity index (χ1n) is 7.27. The third kappa shape index (κ3) is 6.92. The van der Waals surface area contributed by atoms with Gasteiger partial charge in [-0.2, -0.15) is 0 Å². The zero-order valence-corrected chi connectivity index (χ0v) is 13.6. The van der Waals surface area contributed by atoms with Gasteiger partial charge in [0.05, 0.1) is 0 Å². The van der Waals surface area contributed by atoms with Gasteiger partial charge in [-0.05, 0) is 39.5 Å². The molecule has 0 saturated carbocycles. The summed E-state index contributed by atoms with van der Waals surface area (Å²) in [7, 11) is 0. The fourth-order valence-electron chi connectivity index (χ4n) is 1.77. The molecule has 0 bridgehead atoms. The van der Waals surface area contributed by atoms with Gasteiger partial charge in [-0.15, -0.1) is 0 Å². The van der Waals surface area contributed by atoms with E-state index in [9.17, 15) is 9.59 Å². The van der Waals surface area contributed by atoms with Gasteiger partial charge in [-0.25, -0.2) is 4.79 Å². The lowest BCUT2D eigenvalue weighted by molar-refractivity contribution is -0.122. The van der Waals surface area contributed by atoms with Crippen molar-refractivity contribution in [3.05, 3.63) is 48.2 Å². The summed E-state index contributed by atoms with van der Waals surface area (Å²) in [6.45, 7) is 7.13. The van der Waals surface area contributed by atoms with Crippen LogP contribution in [0.2, 0.25) is 0 Å². The minimum Gasteiger partial charge on any atom is -0.444 e. The van der Waals surface area contributed by atoms with Crippen molar-refractivity contribution in [2.24, 2.45) is 0 Å². The molecule has 0 aliphatic heterocycles. The number of rotatable bonds is 5. The SMILES string of the molecule is C/C=C\NC(=O)[C@H](Cc1ccccc1)NC(=O)OC(C)(C)C. The summed E-state index contributed by atoms with van der Waals surface area (Å²) in [6.07, 6.45) is 3.04. The molecule has 0 saturated heterocycles. The molecule has 0 spiro atoms. The van der Waals surface area contributed by atoms with Crippen molar-refractivity contribution in [3.8, 4) is 0 Å². The van der Waals surface area contributed by atoms with Crippen LogP contribution in [0.3, 0.4) is 0 Å². The molecular weight excluding hydrogens is 280 g/mol. The third-order valence-corrected chi connectivity index (χ3v) is 2.68. The number of alkyl carbamates (subject to hydrolysis) is 1. The van der Waals surface area contributed by atoms with Gasteiger partial charge in [-0.3, -0.25) is 4.79 Å². The van der Waals surface area contributed by atoms with Crippen LogP contribution >= 0.6 is 0 Å². The molecule has 1 aromatic carbocycles. The molecule has 0 heterocycles. The van der Waals surface area contributed by atoms with Crippen LogP contribution in [0.1, 0.15) is 33.3 Å². The maximum Gasteiger partial charge on any atom is 0.408 e. The van der Waals surface area contributed by atoms with E-state index in [1.807, 2.05) is 30.3 Å². The highest BCUT2D eigenvalue weighted by Crippen LogP contribution is 2.08. The number of hydrogen-bond donors (Lipinski definition) is 2. The fourth-order valence-corrected chi connectivity index (χ4v) is 1.77. The normalized spacial score (nSPS) is 12.7. The number of amides is 2. The van der Waals surface area contributed by atoms with Crippen LogP contribution in [-0.4, -0.2) is 23.6 Å². The van der Waals surface area contributed by atoms with Crippen molar-refractivity contribution in [3.63, 3.8) is 0 Å². The molecule has 0 aromatic heterocycles. The monoisotopic (exact) mass is 304 g/mol. The summed E-state index contributed by atoms with van der Waals surface area (Å²) in [4.78, 5) is 24.1. The lowest BCUT2D eigenvalue weighted by Crippen LogP contribution is -2.48. The van der Waals surface area contributed by atoms with Gasteiger partial charge in [0, 0.05) is 6.42 Å². The molecule has 1 atom stereocenters. The molecule has 120 valence electrons. The summed E-state index contributed by atoms with van der Waals surface area (Å²) in [5.41, 5.74) is 0.348. The Kier molecular flexibility index (Phi) is 6.63. The highest BCUT2D eigenvalue weighted by atomic mass is 16.6. The molecule has 0 aliphatic rings. The molecule has 22 heavy (non-hydrogen) atoms. The third-order valence-electron chi connectivity index (χ3n) is 2.68. The first-order chi connectivity index (χ1) is 10.3. The summed E-state index contributed by atoms with van der Waals surface area (Å²) in [6, 6.07) is 8.81. The Morgan fingerprint density at radius 3 is 2.41 bits per heavy atom. The first kappa shape index (κ1) is 17.8. The van der Waals surface area contributed by atoms with Crippen LogP contribution in [0.25, 0.3) is 0 Å². The predicted octanol–water partition coefficient (Wildman–Crippen LogP) is 2.77. The highest BCUT2D eigenvalue weighted by Gasteiger charge is 2.24. The summed E-state index contributed by atoms with van der Waals surface area (Å²) >= 11 is 0. The molecule has 2 N–H and O–H groups in total. The van der Waals surface area contributed by atoms with E-state index in [4.69, 9.17) is 4.74 Å². The molecule has 1 aromatic rings. The second-order valence-electron chi connectivity index (χ2n) is 5.90. The topological polar surface area (TPSA) is 67.4 Å². The maximum atomic E-state index is 12.2. The Balaban J connectivity index is 2.77. The number of allylic oxidation sites excluding steroid dienone is 1. The summed E-state index contributed by atoms with van der Waals surface area (Å²) < 4.78 is 5.21. The minimum atomic E-state index is -0.701. The number of benzene rings is 1. The Bertz CT molecular complexity index is 518. The van der Waals surface area contributed by atoms with Crippen molar-refractivity contribution >= 4 is 12.0 Å². The molecule has 2 amide bonds. The van der Waals surface area contributed by atoms with Crippen LogP contribution in [0.4, 0.5) is 4.79 Å². The Hall–Kier alpha value is -2.30. The van der Waals surface area contributed by atoms with E-state index in [-0.39, 0.29) is 5.91 Å². The standard InChI is InChI=1S/C17H24N2O3/c1-5-11-18-15(20)14(12-13-9-7-6-8-10-13)19-16(21)22-17(2,3)4/h5-11,14H,12H2,1-4H3,(H,18,20)(H,19,21)/b11-5-/t14-/m0/s1. The van der Waals surface area contributed by atoms with Gasteiger partial charge in [0.2, 0.25) is 5.91 Å². The largest absolute Gasteiger partial charge is 0.444 e. The highest BCUT2D eigenvalue weighted by molar-refractivity contribution is 5.86.